The summed E-state index contributed by atoms with van der Waals surface area (Å²) in [4.78, 5) is 5.14. The Hall–Kier alpha value is -1.57. The first kappa shape index (κ1) is 20.2. The first-order valence-electron chi connectivity index (χ1n) is 9.27. The average molecular weight is 391 g/mol. The molecule has 6 heteroatoms. The van der Waals surface area contributed by atoms with Crippen LogP contribution in [-0.4, -0.2) is 35.8 Å². The second-order valence-corrected chi connectivity index (χ2v) is 7.30. The molecule has 1 fully saturated rings. The van der Waals surface area contributed by atoms with Gasteiger partial charge in [-0.2, -0.15) is 0 Å². The van der Waals surface area contributed by atoms with Crippen LogP contribution in [0.15, 0.2) is 60.7 Å². The molecule has 2 aromatic carbocycles. The van der Waals surface area contributed by atoms with Crippen LogP contribution in [0.4, 0.5) is 0 Å². The lowest BCUT2D eigenvalue weighted by atomic mass is 10.1. The summed E-state index contributed by atoms with van der Waals surface area (Å²) in [6.45, 7) is 1.14. The molecule has 0 aromatic heterocycles. The number of aliphatic hydroxyl groups is 1. The van der Waals surface area contributed by atoms with E-state index < -0.39 is 6.10 Å². The Morgan fingerprint density at radius 2 is 1.78 bits per heavy atom. The second-order valence-electron chi connectivity index (χ2n) is 6.52. The van der Waals surface area contributed by atoms with Gasteiger partial charge >= 0.3 is 0 Å². The summed E-state index contributed by atoms with van der Waals surface area (Å²) in [7, 11) is 0. The van der Waals surface area contributed by atoms with Crippen LogP contribution < -0.4 is 4.89 Å². The Morgan fingerprint density at radius 1 is 1.04 bits per heavy atom. The fourth-order valence-corrected chi connectivity index (χ4v) is 3.48. The first-order chi connectivity index (χ1) is 13.3. The Kier molecular flexibility index (Phi) is 8.45. The first-order valence-corrected chi connectivity index (χ1v) is 10.2. The minimum atomic E-state index is -0.503. The van der Waals surface area contributed by atoms with Crippen LogP contribution in [0.25, 0.3) is 0 Å². The van der Waals surface area contributed by atoms with Crippen LogP contribution in [-0.2, 0) is 20.4 Å². The third kappa shape index (κ3) is 7.16. The highest BCUT2D eigenvalue weighted by atomic mass is 32.2. The van der Waals surface area contributed by atoms with Gasteiger partial charge in [0.15, 0.2) is 5.75 Å². The van der Waals surface area contributed by atoms with Crippen molar-refractivity contribution in [2.45, 2.75) is 44.2 Å². The van der Waals surface area contributed by atoms with E-state index in [0.717, 1.165) is 18.4 Å². The van der Waals surface area contributed by atoms with E-state index >= 15 is 0 Å². The predicted molar refractivity (Wildman–Crippen MR) is 105 cm³/mol. The van der Waals surface area contributed by atoms with E-state index in [0.29, 0.717) is 31.1 Å². The van der Waals surface area contributed by atoms with Crippen LogP contribution in [0.3, 0.4) is 0 Å². The molecule has 2 aromatic rings. The summed E-state index contributed by atoms with van der Waals surface area (Å²) in [5.41, 5.74) is 1.15. The van der Waals surface area contributed by atoms with Crippen molar-refractivity contribution in [1.29, 1.82) is 0 Å². The summed E-state index contributed by atoms with van der Waals surface area (Å²) in [6, 6.07) is 19.4. The lowest BCUT2D eigenvalue weighted by Crippen LogP contribution is -2.28. The van der Waals surface area contributed by atoms with Gasteiger partial charge in [-0.3, -0.25) is 0 Å². The number of hydrogen-bond donors (Lipinski definition) is 1. The molecule has 1 aliphatic heterocycles. The molecule has 1 aliphatic rings. The molecule has 1 N–H and O–H groups in total. The lowest BCUT2D eigenvalue weighted by molar-refractivity contribution is -0.0789. The zero-order chi connectivity index (χ0) is 18.7. The maximum atomic E-state index is 10.3. The van der Waals surface area contributed by atoms with E-state index in [1.807, 2.05) is 60.7 Å². The van der Waals surface area contributed by atoms with Crippen LogP contribution in [0, 0.1) is 0 Å². The van der Waals surface area contributed by atoms with Crippen molar-refractivity contribution < 1.29 is 23.8 Å². The number of aliphatic hydroxyl groups excluding tert-OH is 1. The molecule has 3 rings (SSSR count). The van der Waals surface area contributed by atoms with Gasteiger partial charge < -0.3 is 19.5 Å². The fraction of sp³-hybridized carbons (Fsp3) is 0.429. The summed E-state index contributed by atoms with van der Waals surface area (Å²) >= 11 is 1.19. The summed E-state index contributed by atoms with van der Waals surface area (Å²) in [6.07, 6.45) is 1.77. The van der Waals surface area contributed by atoms with Gasteiger partial charge in [-0.05, 0) is 37.0 Å². The van der Waals surface area contributed by atoms with Crippen molar-refractivity contribution in [2.75, 3.05) is 12.4 Å². The molecular formula is C21H26O5S. The van der Waals surface area contributed by atoms with Gasteiger partial charge in [-0.1, -0.05) is 48.5 Å². The topological polar surface area (TPSA) is 57.2 Å². The van der Waals surface area contributed by atoms with Gasteiger partial charge in [0.2, 0.25) is 0 Å². The fourth-order valence-electron chi connectivity index (χ4n) is 2.95. The van der Waals surface area contributed by atoms with E-state index in [1.54, 1.807) is 0 Å². The molecule has 3 unspecified atom stereocenters. The van der Waals surface area contributed by atoms with Crippen LogP contribution in [0.5, 0.6) is 5.75 Å². The molecule has 0 aliphatic carbocycles. The molecule has 0 bridgehead atoms. The molecular weight excluding hydrogens is 364 g/mol. The Bertz CT molecular complexity index is 640. The molecule has 1 saturated heterocycles. The third-order valence-electron chi connectivity index (χ3n) is 4.40. The number of hydrogen-bond acceptors (Lipinski definition) is 6. The summed E-state index contributed by atoms with van der Waals surface area (Å²) in [5, 5.41) is 10.3. The van der Waals surface area contributed by atoms with Crippen molar-refractivity contribution in [2.24, 2.45) is 0 Å². The molecule has 0 saturated carbocycles. The van der Waals surface area contributed by atoms with E-state index in [1.165, 1.54) is 12.0 Å². The van der Waals surface area contributed by atoms with E-state index in [-0.39, 0.29) is 12.2 Å². The van der Waals surface area contributed by atoms with Gasteiger partial charge in [0, 0.05) is 17.8 Å². The van der Waals surface area contributed by atoms with Gasteiger partial charge in [0.05, 0.1) is 31.5 Å². The molecule has 3 atom stereocenters. The predicted octanol–water partition coefficient (Wildman–Crippen LogP) is 4.16. The average Bonchev–Trinajstić information content (AvgIpc) is 3.18. The number of benzene rings is 2. The number of rotatable bonds is 11. The minimum Gasteiger partial charge on any atom is -0.390 e. The Labute approximate surface area is 164 Å². The normalized spacial score (nSPS) is 20.5. The van der Waals surface area contributed by atoms with E-state index in [4.69, 9.17) is 18.7 Å². The van der Waals surface area contributed by atoms with E-state index in [2.05, 4.69) is 0 Å². The second kappa shape index (κ2) is 11.3. The maximum Gasteiger partial charge on any atom is 0.166 e. The zero-order valence-electron chi connectivity index (χ0n) is 15.2. The monoisotopic (exact) mass is 390 g/mol. The van der Waals surface area contributed by atoms with Crippen LogP contribution in [0.2, 0.25) is 0 Å². The summed E-state index contributed by atoms with van der Waals surface area (Å²) in [5.74, 6) is 1.28. The van der Waals surface area contributed by atoms with E-state index in [9.17, 15) is 5.11 Å². The quantitative estimate of drug-likeness (QED) is 0.269. The Morgan fingerprint density at radius 3 is 2.56 bits per heavy atom. The molecule has 0 radical (unpaired) electrons. The van der Waals surface area contributed by atoms with Gasteiger partial charge in [0.1, 0.15) is 0 Å². The largest absolute Gasteiger partial charge is 0.390 e. The minimum absolute atomic E-state index is 0.0543. The molecule has 0 amide bonds. The van der Waals surface area contributed by atoms with Crippen molar-refractivity contribution in [3.63, 3.8) is 0 Å². The molecule has 1 heterocycles. The summed E-state index contributed by atoms with van der Waals surface area (Å²) < 4.78 is 16.8. The van der Waals surface area contributed by atoms with Crippen molar-refractivity contribution in [3.8, 4) is 5.75 Å². The highest BCUT2D eigenvalue weighted by Gasteiger charge is 2.30. The van der Waals surface area contributed by atoms with Gasteiger partial charge in [0.25, 0.3) is 0 Å². The van der Waals surface area contributed by atoms with Crippen molar-refractivity contribution in [3.05, 3.63) is 66.2 Å². The molecule has 5 nitrogen and oxygen atoms in total. The van der Waals surface area contributed by atoms with Crippen LogP contribution in [0.1, 0.15) is 24.8 Å². The van der Waals surface area contributed by atoms with Gasteiger partial charge in [-0.25, -0.2) is 0 Å². The smallest absolute Gasteiger partial charge is 0.166 e. The third-order valence-corrected chi connectivity index (χ3v) is 4.97. The Balaban J connectivity index is 1.24. The van der Waals surface area contributed by atoms with Crippen molar-refractivity contribution >= 4 is 12.0 Å². The number of para-hydroxylation sites is 1. The highest BCUT2D eigenvalue weighted by molar-refractivity contribution is 7.94. The SMILES string of the molecule is OC(CCSOOc1ccccc1)C1CCC(COCc2ccccc2)O1. The maximum absolute atomic E-state index is 10.3. The highest BCUT2D eigenvalue weighted by Crippen LogP contribution is 2.25. The molecule has 0 spiro atoms. The molecule has 27 heavy (non-hydrogen) atoms. The van der Waals surface area contributed by atoms with Gasteiger partial charge in [-0.15, -0.1) is 4.33 Å². The molecule has 146 valence electrons. The van der Waals surface area contributed by atoms with Crippen molar-refractivity contribution in [1.82, 2.24) is 0 Å². The van der Waals surface area contributed by atoms with Crippen LogP contribution >= 0.6 is 12.0 Å². The lowest BCUT2D eigenvalue weighted by Gasteiger charge is -2.19. The zero-order valence-corrected chi connectivity index (χ0v) is 16.1. The number of ether oxygens (including phenoxy) is 2. The standard InChI is InChI=1S/C21H26O5S/c22-20(13-14-27-26-25-18-9-5-2-6-10-18)21-12-11-19(24-21)16-23-15-17-7-3-1-4-8-17/h1-10,19-22H,11-16H2.